The predicted octanol–water partition coefficient (Wildman–Crippen LogP) is 3.37. The van der Waals surface area contributed by atoms with Crippen molar-refractivity contribution in [3.8, 4) is 11.1 Å². The lowest BCUT2D eigenvalue weighted by Crippen LogP contribution is -1.85. The molecular weight excluding hydrogens is 198 g/mol. The predicted molar refractivity (Wildman–Crippen MR) is 65.7 cm³/mol. The van der Waals surface area contributed by atoms with Crippen LogP contribution in [0.2, 0.25) is 0 Å². The second-order valence-corrected chi connectivity index (χ2v) is 3.96. The molecule has 1 heterocycles. The molecule has 1 N–H and O–H groups in total. The first-order valence-electron chi connectivity index (χ1n) is 5.48. The van der Waals surface area contributed by atoms with E-state index in [1.54, 1.807) is 0 Å². The van der Waals surface area contributed by atoms with Gasteiger partial charge in [0.1, 0.15) is 0 Å². The SMILES string of the molecule is CCc1cc(-c2ccc(C)cc2)c(C=O)[nH]1. The average Bonchev–Trinajstić information content (AvgIpc) is 2.73. The van der Waals surface area contributed by atoms with E-state index in [0.29, 0.717) is 5.69 Å². The number of carbonyl (C=O) groups is 1. The van der Waals surface area contributed by atoms with Gasteiger partial charge in [-0.15, -0.1) is 0 Å². The number of H-pyrrole nitrogens is 1. The summed E-state index contributed by atoms with van der Waals surface area (Å²) in [6.07, 6.45) is 1.79. The number of hydrogen-bond donors (Lipinski definition) is 1. The quantitative estimate of drug-likeness (QED) is 0.779. The molecule has 82 valence electrons. The highest BCUT2D eigenvalue weighted by atomic mass is 16.1. The first kappa shape index (κ1) is 10.7. The second-order valence-electron chi connectivity index (χ2n) is 3.96. The van der Waals surface area contributed by atoms with Crippen LogP contribution in [0.5, 0.6) is 0 Å². The molecule has 0 atom stereocenters. The number of aldehydes is 1. The van der Waals surface area contributed by atoms with Crippen LogP contribution in [0.25, 0.3) is 11.1 Å². The van der Waals surface area contributed by atoms with Crippen LogP contribution in [0.1, 0.15) is 28.7 Å². The van der Waals surface area contributed by atoms with Gasteiger partial charge in [-0.3, -0.25) is 4.79 Å². The highest BCUT2D eigenvalue weighted by Gasteiger charge is 2.08. The van der Waals surface area contributed by atoms with Gasteiger partial charge in [-0.05, 0) is 25.0 Å². The number of hydrogen-bond acceptors (Lipinski definition) is 1. The van der Waals surface area contributed by atoms with E-state index >= 15 is 0 Å². The maximum atomic E-state index is 11.0. The van der Waals surface area contributed by atoms with E-state index in [2.05, 4.69) is 37.0 Å². The lowest BCUT2D eigenvalue weighted by molar-refractivity contribution is 0.112. The fourth-order valence-electron chi connectivity index (χ4n) is 1.78. The fourth-order valence-corrected chi connectivity index (χ4v) is 1.78. The summed E-state index contributed by atoms with van der Waals surface area (Å²) < 4.78 is 0. The zero-order valence-electron chi connectivity index (χ0n) is 9.58. The monoisotopic (exact) mass is 213 g/mol. The molecule has 1 aromatic carbocycles. The molecule has 0 spiro atoms. The van der Waals surface area contributed by atoms with E-state index in [9.17, 15) is 4.79 Å². The number of aryl methyl sites for hydroxylation is 2. The van der Waals surface area contributed by atoms with Crippen molar-refractivity contribution >= 4 is 6.29 Å². The summed E-state index contributed by atoms with van der Waals surface area (Å²) in [5, 5.41) is 0. The van der Waals surface area contributed by atoms with E-state index in [1.807, 2.05) is 12.1 Å². The number of nitrogens with one attached hydrogen (secondary N) is 1. The van der Waals surface area contributed by atoms with Gasteiger partial charge >= 0.3 is 0 Å². The number of carbonyl (C=O) groups excluding carboxylic acids is 1. The molecule has 2 nitrogen and oxygen atoms in total. The Morgan fingerprint density at radius 2 is 1.94 bits per heavy atom. The molecule has 0 radical (unpaired) electrons. The highest BCUT2D eigenvalue weighted by Crippen LogP contribution is 2.24. The Bertz CT molecular complexity index is 494. The molecule has 0 aliphatic rings. The summed E-state index contributed by atoms with van der Waals surface area (Å²) in [6.45, 7) is 4.12. The highest BCUT2D eigenvalue weighted by molar-refractivity contribution is 5.86. The Kier molecular flexibility index (Phi) is 2.91. The van der Waals surface area contributed by atoms with Crippen molar-refractivity contribution in [2.24, 2.45) is 0 Å². The summed E-state index contributed by atoms with van der Waals surface area (Å²) in [5.41, 5.74) is 5.07. The largest absolute Gasteiger partial charge is 0.356 e. The maximum absolute atomic E-state index is 11.0. The van der Waals surface area contributed by atoms with Crippen LogP contribution < -0.4 is 0 Å². The van der Waals surface area contributed by atoms with Crippen molar-refractivity contribution in [2.45, 2.75) is 20.3 Å². The van der Waals surface area contributed by atoms with Gasteiger partial charge in [-0.1, -0.05) is 36.8 Å². The van der Waals surface area contributed by atoms with E-state index < -0.39 is 0 Å². The molecular formula is C14H15NO. The van der Waals surface area contributed by atoms with Crippen LogP contribution in [0, 0.1) is 6.92 Å². The Morgan fingerprint density at radius 1 is 1.25 bits per heavy atom. The molecule has 0 bridgehead atoms. The average molecular weight is 213 g/mol. The molecule has 0 amide bonds. The minimum atomic E-state index is 0.667. The third-order valence-corrected chi connectivity index (χ3v) is 2.77. The van der Waals surface area contributed by atoms with E-state index in [-0.39, 0.29) is 0 Å². The minimum Gasteiger partial charge on any atom is -0.356 e. The van der Waals surface area contributed by atoms with Crippen LogP contribution >= 0.6 is 0 Å². The smallest absolute Gasteiger partial charge is 0.166 e. The topological polar surface area (TPSA) is 32.9 Å². The summed E-state index contributed by atoms with van der Waals surface area (Å²) in [5.74, 6) is 0. The number of aromatic nitrogens is 1. The third-order valence-electron chi connectivity index (χ3n) is 2.77. The summed E-state index contributed by atoms with van der Waals surface area (Å²) >= 11 is 0. The standard InChI is InChI=1S/C14H15NO/c1-3-12-8-13(14(9-16)15-12)11-6-4-10(2)5-7-11/h4-9,15H,3H2,1-2H3. The summed E-state index contributed by atoms with van der Waals surface area (Å²) in [6, 6.07) is 10.3. The zero-order chi connectivity index (χ0) is 11.5. The summed E-state index contributed by atoms with van der Waals surface area (Å²) in [7, 11) is 0. The Labute approximate surface area is 95.3 Å². The number of aromatic amines is 1. The van der Waals surface area contributed by atoms with Gasteiger partial charge in [-0.25, -0.2) is 0 Å². The molecule has 1 aromatic heterocycles. The lowest BCUT2D eigenvalue weighted by Gasteiger charge is -1.99. The van der Waals surface area contributed by atoms with Crippen molar-refractivity contribution in [1.29, 1.82) is 0 Å². The molecule has 2 heteroatoms. The van der Waals surface area contributed by atoms with E-state index in [4.69, 9.17) is 0 Å². The molecule has 2 rings (SSSR count). The first-order valence-corrected chi connectivity index (χ1v) is 5.48. The number of benzene rings is 1. The van der Waals surface area contributed by atoms with Crippen LogP contribution in [0.3, 0.4) is 0 Å². The van der Waals surface area contributed by atoms with Gasteiger partial charge in [0.25, 0.3) is 0 Å². The van der Waals surface area contributed by atoms with Crippen LogP contribution in [-0.4, -0.2) is 11.3 Å². The lowest BCUT2D eigenvalue weighted by atomic mass is 10.0. The molecule has 0 unspecified atom stereocenters. The summed E-state index contributed by atoms with van der Waals surface area (Å²) in [4.78, 5) is 14.1. The van der Waals surface area contributed by atoms with Crippen molar-refractivity contribution in [3.05, 3.63) is 47.3 Å². The van der Waals surface area contributed by atoms with Crippen molar-refractivity contribution in [1.82, 2.24) is 4.98 Å². The van der Waals surface area contributed by atoms with Crippen LogP contribution in [0.4, 0.5) is 0 Å². The van der Waals surface area contributed by atoms with Crippen molar-refractivity contribution in [3.63, 3.8) is 0 Å². The Morgan fingerprint density at radius 3 is 2.50 bits per heavy atom. The molecule has 0 fully saturated rings. The number of rotatable bonds is 3. The molecule has 0 saturated carbocycles. The molecule has 0 saturated heterocycles. The van der Waals surface area contributed by atoms with Gasteiger partial charge in [0, 0.05) is 11.3 Å². The van der Waals surface area contributed by atoms with Crippen molar-refractivity contribution in [2.75, 3.05) is 0 Å². The fraction of sp³-hybridized carbons (Fsp3) is 0.214. The maximum Gasteiger partial charge on any atom is 0.166 e. The molecule has 2 aromatic rings. The van der Waals surface area contributed by atoms with Crippen LogP contribution in [-0.2, 0) is 6.42 Å². The molecule has 16 heavy (non-hydrogen) atoms. The minimum absolute atomic E-state index is 0.667. The molecule has 0 aliphatic carbocycles. The van der Waals surface area contributed by atoms with E-state index in [1.165, 1.54) is 5.56 Å². The first-order chi connectivity index (χ1) is 7.74. The van der Waals surface area contributed by atoms with Gasteiger partial charge in [0.05, 0.1) is 5.69 Å². The van der Waals surface area contributed by atoms with Gasteiger partial charge in [0.15, 0.2) is 6.29 Å². The second kappa shape index (κ2) is 4.35. The van der Waals surface area contributed by atoms with Gasteiger partial charge in [0.2, 0.25) is 0 Å². The van der Waals surface area contributed by atoms with Gasteiger partial charge < -0.3 is 4.98 Å². The van der Waals surface area contributed by atoms with Crippen molar-refractivity contribution < 1.29 is 4.79 Å². The van der Waals surface area contributed by atoms with Gasteiger partial charge in [-0.2, -0.15) is 0 Å². The molecule has 0 aliphatic heterocycles. The third kappa shape index (κ3) is 1.91. The zero-order valence-corrected chi connectivity index (χ0v) is 9.58. The Balaban J connectivity index is 2.49. The van der Waals surface area contributed by atoms with Crippen LogP contribution in [0.15, 0.2) is 30.3 Å². The normalized spacial score (nSPS) is 10.4. The van der Waals surface area contributed by atoms with E-state index in [0.717, 1.165) is 29.5 Å². The Hall–Kier alpha value is -1.83.